The molecule has 9 nitrogen and oxygen atoms in total. The molecule has 5 aromatic rings. The lowest BCUT2D eigenvalue weighted by Gasteiger charge is -2.10. The molecule has 170 valence electrons. The van der Waals surface area contributed by atoms with E-state index in [1.54, 1.807) is 29.8 Å². The normalized spacial score (nSPS) is 11.0. The minimum Gasteiger partial charge on any atom is -0.322 e. The number of hydrogen-bond acceptors (Lipinski definition) is 6. The van der Waals surface area contributed by atoms with Crippen molar-refractivity contribution in [2.45, 2.75) is 13.3 Å². The fraction of sp³-hybridized carbons (Fsp3) is 0.125. The SMILES string of the molecule is Cc1nc(NC(=O)Cc2cccc(F)c2)cc(-c2c(Nc3ccn(C)n3)nc3ccccn23)n1. The number of benzene rings is 1. The van der Waals surface area contributed by atoms with E-state index in [-0.39, 0.29) is 18.1 Å². The van der Waals surface area contributed by atoms with Gasteiger partial charge in [0.25, 0.3) is 0 Å². The van der Waals surface area contributed by atoms with Crippen molar-refractivity contribution >= 4 is 29.0 Å². The number of aryl methyl sites for hydroxylation is 2. The predicted octanol–water partition coefficient (Wildman–Crippen LogP) is 3.90. The Labute approximate surface area is 194 Å². The summed E-state index contributed by atoms with van der Waals surface area (Å²) in [6, 6.07) is 15.2. The van der Waals surface area contributed by atoms with Crippen molar-refractivity contribution in [2.24, 2.45) is 7.05 Å². The van der Waals surface area contributed by atoms with Gasteiger partial charge in [0.2, 0.25) is 5.91 Å². The van der Waals surface area contributed by atoms with E-state index in [1.807, 2.05) is 48.1 Å². The number of nitrogens with one attached hydrogen (secondary N) is 2. The molecule has 0 fully saturated rings. The van der Waals surface area contributed by atoms with E-state index in [1.165, 1.54) is 12.1 Å². The van der Waals surface area contributed by atoms with Gasteiger partial charge in [-0.2, -0.15) is 5.10 Å². The highest BCUT2D eigenvalue weighted by Gasteiger charge is 2.18. The van der Waals surface area contributed by atoms with Gasteiger partial charge in [-0.15, -0.1) is 0 Å². The maximum Gasteiger partial charge on any atom is 0.229 e. The van der Waals surface area contributed by atoms with Gasteiger partial charge in [0, 0.05) is 31.6 Å². The minimum absolute atomic E-state index is 0.0260. The van der Waals surface area contributed by atoms with E-state index in [4.69, 9.17) is 4.98 Å². The number of carbonyl (C=O) groups excluding carboxylic acids is 1. The molecule has 0 saturated carbocycles. The zero-order valence-corrected chi connectivity index (χ0v) is 18.5. The number of halogens is 1. The molecule has 4 aromatic heterocycles. The van der Waals surface area contributed by atoms with Crippen LogP contribution in [0.15, 0.2) is 67.0 Å². The van der Waals surface area contributed by atoms with Gasteiger partial charge < -0.3 is 10.6 Å². The molecule has 0 aliphatic carbocycles. The third-order valence-corrected chi connectivity index (χ3v) is 5.09. The van der Waals surface area contributed by atoms with Crippen LogP contribution in [-0.4, -0.2) is 35.0 Å². The number of imidazole rings is 1. The second kappa shape index (κ2) is 8.74. The molecule has 1 aromatic carbocycles. The molecule has 5 rings (SSSR count). The number of carbonyl (C=O) groups is 1. The summed E-state index contributed by atoms with van der Waals surface area (Å²) in [7, 11) is 1.84. The lowest BCUT2D eigenvalue weighted by Crippen LogP contribution is -2.16. The van der Waals surface area contributed by atoms with E-state index in [2.05, 4.69) is 25.7 Å². The van der Waals surface area contributed by atoms with Crippen molar-refractivity contribution in [3.8, 4) is 11.4 Å². The van der Waals surface area contributed by atoms with Crippen LogP contribution < -0.4 is 10.6 Å². The first kappa shape index (κ1) is 21.3. The smallest absolute Gasteiger partial charge is 0.229 e. The second-order valence-electron chi connectivity index (χ2n) is 7.78. The Hall–Kier alpha value is -4.60. The number of amides is 1. The summed E-state index contributed by atoms with van der Waals surface area (Å²) in [6.45, 7) is 1.75. The molecule has 0 spiro atoms. The summed E-state index contributed by atoms with van der Waals surface area (Å²) in [6.07, 6.45) is 3.75. The zero-order chi connectivity index (χ0) is 23.7. The number of pyridine rings is 1. The number of rotatable bonds is 6. The highest BCUT2D eigenvalue weighted by Crippen LogP contribution is 2.30. The van der Waals surface area contributed by atoms with E-state index in [9.17, 15) is 9.18 Å². The summed E-state index contributed by atoms with van der Waals surface area (Å²) in [5, 5.41) is 10.4. The van der Waals surface area contributed by atoms with Crippen LogP contribution in [0, 0.1) is 12.7 Å². The summed E-state index contributed by atoms with van der Waals surface area (Å²) >= 11 is 0. The molecular formula is C24H21FN8O. The van der Waals surface area contributed by atoms with Crippen molar-refractivity contribution in [1.29, 1.82) is 0 Å². The summed E-state index contributed by atoms with van der Waals surface area (Å²) < 4.78 is 17.1. The second-order valence-corrected chi connectivity index (χ2v) is 7.78. The van der Waals surface area contributed by atoms with Crippen LogP contribution in [0.5, 0.6) is 0 Å². The molecule has 1 amide bonds. The number of anilines is 3. The maximum absolute atomic E-state index is 13.5. The van der Waals surface area contributed by atoms with Gasteiger partial charge in [0.05, 0.1) is 12.1 Å². The average molecular weight is 456 g/mol. The quantitative estimate of drug-likeness (QED) is 0.402. The number of nitrogens with zero attached hydrogens (tertiary/aromatic N) is 6. The van der Waals surface area contributed by atoms with E-state index in [0.29, 0.717) is 40.2 Å². The van der Waals surface area contributed by atoms with Gasteiger partial charge in [-0.3, -0.25) is 13.9 Å². The lowest BCUT2D eigenvalue weighted by atomic mass is 10.1. The van der Waals surface area contributed by atoms with Gasteiger partial charge >= 0.3 is 0 Å². The Bertz CT molecular complexity index is 1510. The summed E-state index contributed by atoms with van der Waals surface area (Å²) in [5.74, 6) is 1.35. The van der Waals surface area contributed by atoms with Crippen LogP contribution >= 0.6 is 0 Å². The third-order valence-electron chi connectivity index (χ3n) is 5.09. The predicted molar refractivity (Wildman–Crippen MR) is 126 cm³/mol. The van der Waals surface area contributed by atoms with Crippen LogP contribution in [0.25, 0.3) is 17.0 Å². The summed E-state index contributed by atoms with van der Waals surface area (Å²) in [4.78, 5) is 26.2. The third kappa shape index (κ3) is 4.46. The fourth-order valence-corrected chi connectivity index (χ4v) is 3.70. The van der Waals surface area contributed by atoms with Crippen LogP contribution in [0.2, 0.25) is 0 Å². The van der Waals surface area contributed by atoms with E-state index in [0.717, 1.165) is 5.65 Å². The topological polar surface area (TPSA) is 102 Å². The Morgan fingerprint density at radius 2 is 1.88 bits per heavy atom. The number of aromatic nitrogens is 6. The molecule has 0 aliphatic rings. The van der Waals surface area contributed by atoms with Gasteiger partial charge in [0.1, 0.15) is 28.8 Å². The molecular weight excluding hydrogens is 435 g/mol. The van der Waals surface area contributed by atoms with Crippen LogP contribution in [0.1, 0.15) is 11.4 Å². The molecule has 4 heterocycles. The Balaban J connectivity index is 1.49. The molecule has 0 aliphatic heterocycles. The molecule has 0 atom stereocenters. The highest BCUT2D eigenvalue weighted by atomic mass is 19.1. The molecule has 0 saturated heterocycles. The first-order valence-electron chi connectivity index (χ1n) is 10.6. The van der Waals surface area contributed by atoms with Gasteiger partial charge in [-0.25, -0.2) is 19.3 Å². The summed E-state index contributed by atoms with van der Waals surface area (Å²) in [5.41, 5.74) is 2.58. The first-order valence-corrected chi connectivity index (χ1v) is 10.6. The van der Waals surface area contributed by atoms with Gasteiger partial charge in [0.15, 0.2) is 11.6 Å². The number of hydrogen-bond donors (Lipinski definition) is 2. The van der Waals surface area contributed by atoms with Crippen molar-refractivity contribution in [3.05, 3.63) is 84.2 Å². The fourth-order valence-electron chi connectivity index (χ4n) is 3.70. The van der Waals surface area contributed by atoms with Crippen molar-refractivity contribution in [1.82, 2.24) is 29.1 Å². The lowest BCUT2D eigenvalue weighted by molar-refractivity contribution is -0.115. The Morgan fingerprint density at radius 3 is 2.68 bits per heavy atom. The molecule has 2 N–H and O–H groups in total. The molecule has 0 radical (unpaired) electrons. The van der Waals surface area contributed by atoms with Gasteiger partial charge in [-0.1, -0.05) is 18.2 Å². The first-order chi connectivity index (χ1) is 16.4. The largest absolute Gasteiger partial charge is 0.322 e. The number of fused-ring (bicyclic) bond motifs is 1. The zero-order valence-electron chi connectivity index (χ0n) is 18.5. The van der Waals surface area contributed by atoms with Crippen molar-refractivity contribution in [2.75, 3.05) is 10.6 Å². The minimum atomic E-state index is -0.383. The molecule has 10 heteroatoms. The van der Waals surface area contributed by atoms with Crippen LogP contribution in [0.3, 0.4) is 0 Å². The molecule has 34 heavy (non-hydrogen) atoms. The maximum atomic E-state index is 13.5. The van der Waals surface area contributed by atoms with Crippen LogP contribution in [-0.2, 0) is 18.3 Å². The Morgan fingerprint density at radius 1 is 1.00 bits per heavy atom. The van der Waals surface area contributed by atoms with Crippen molar-refractivity contribution < 1.29 is 9.18 Å². The average Bonchev–Trinajstić information content (AvgIpc) is 3.36. The molecule has 0 bridgehead atoms. The monoisotopic (exact) mass is 456 g/mol. The van der Waals surface area contributed by atoms with Crippen LogP contribution in [0.4, 0.5) is 21.8 Å². The Kier molecular flexibility index (Phi) is 5.46. The van der Waals surface area contributed by atoms with Crippen molar-refractivity contribution in [3.63, 3.8) is 0 Å². The highest BCUT2D eigenvalue weighted by molar-refractivity contribution is 5.92. The van der Waals surface area contributed by atoms with E-state index >= 15 is 0 Å². The van der Waals surface area contributed by atoms with Gasteiger partial charge in [-0.05, 0) is 36.8 Å². The molecule has 0 unspecified atom stereocenters. The standard InChI is InChI=1S/C24H21FN8O/c1-15-26-18(14-20(27-15)28-22(34)13-16-6-5-7-17(25)12-16)23-24(29-19-9-11-32(2)31-19)30-21-8-3-4-10-33(21)23/h3-12,14H,13H2,1-2H3,(H,29,31)(H,26,27,28,34). The van der Waals surface area contributed by atoms with E-state index < -0.39 is 0 Å².